The minimum absolute atomic E-state index is 0.276. The van der Waals surface area contributed by atoms with E-state index in [1.165, 1.54) is 5.48 Å². The highest BCUT2D eigenvalue weighted by atomic mass is 35.5. The van der Waals surface area contributed by atoms with E-state index in [9.17, 15) is 9.59 Å². The molecule has 0 heterocycles. The van der Waals surface area contributed by atoms with Crippen LogP contribution in [0.2, 0.25) is 20.1 Å². The van der Waals surface area contributed by atoms with Gasteiger partial charge in [-0.3, -0.25) is 10.0 Å². The number of carbonyl (C=O) groups excluding carboxylic acids is 1. The van der Waals surface area contributed by atoms with Gasteiger partial charge in [0, 0.05) is 0 Å². The number of hydroxylamine groups is 1. The van der Waals surface area contributed by atoms with E-state index < -0.39 is 33.0 Å². The zero-order valence-electron chi connectivity index (χ0n) is 7.72. The molecule has 1 rings (SSSR count). The molecule has 0 bridgehead atoms. The molecule has 3 N–H and O–H groups in total. The molecule has 0 aliphatic rings. The Kier molecular flexibility index (Phi) is 4.46. The second kappa shape index (κ2) is 5.29. The first-order chi connectivity index (χ1) is 7.82. The van der Waals surface area contributed by atoms with Gasteiger partial charge in [-0.1, -0.05) is 46.4 Å². The average Bonchev–Trinajstić information content (AvgIpc) is 2.29. The molecule has 5 nitrogen and oxygen atoms in total. The highest BCUT2D eigenvalue weighted by molar-refractivity contribution is 6.54. The summed E-state index contributed by atoms with van der Waals surface area (Å²) in [5, 5.41) is 16.0. The van der Waals surface area contributed by atoms with Crippen molar-refractivity contribution >= 4 is 58.3 Å². The lowest BCUT2D eigenvalue weighted by atomic mass is 10.1. The molecule has 0 radical (unpaired) electrons. The number of hydrogen-bond donors (Lipinski definition) is 3. The van der Waals surface area contributed by atoms with Crippen molar-refractivity contribution in [3.05, 3.63) is 31.2 Å². The number of halogens is 4. The topological polar surface area (TPSA) is 86.6 Å². The number of carbonyl (C=O) groups is 2. The van der Waals surface area contributed by atoms with Gasteiger partial charge in [-0.25, -0.2) is 10.3 Å². The van der Waals surface area contributed by atoms with Gasteiger partial charge in [-0.2, -0.15) is 0 Å². The van der Waals surface area contributed by atoms with Gasteiger partial charge in [0.2, 0.25) is 0 Å². The molecule has 17 heavy (non-hydrogen) atoms. The van der Waals surface area contributed by atoms with Crippen molar-refractivity contribution in [2.75, 3.05) is 0 Å². The normalized spacial score (nSPS) is 10.2. The van der Waals surface area contributed by atoms with Crippen LogP contribution >= 0.6 is 46.4 Å². The van der Waals surface area contributed by atoms with Crippen molar-refractivity contribution in [1.82, 2.24) is 5.48 Å². The van der Waals surface area contributed by atoms with Gasteiger partial charge in [0.25, 0.3) is 5.91 Å². The molecule has 1 aromatic rings. The van der Waals surface area contributed by atoms with E-state index >= 15 is 0 Å². The molecule has 0 aliphatic heterocycles. The Bertz CT molecular complexity index is 517. The molecule has 9 heteroatoms. The van der Waals surface area contributed by atoms with Crippen LogP contribution in [0.5, 0.6) is 0 Å². The van der Waals surface area contributed by atoms with Crippen LogP contribution in [-0.4, -0.2) is 22.2 Å². The first-order valence-electron chi connectivity index (χ1n) is 3.86. The van der Waals surface area contributed by atoms with Crippen LogP contribution in [0.3, 0.4) is 0 Å². The zero-order chi connectivity index (χ0) is 13.3. The zero-order valence-corrected chi connectivity index (χ0v) is 10.7. The van der Waals surface area contributed by atoms with Crippen LogP contribution in [0.15, 0.2) is 0 Å². The van der Waals surface area contributed by atoms with Gasteiger partial charge in [-0.15, -0.1) is 0 Å². The molecule has 0 aliphatic carbocycles. The highest BCUT2D eigenvalue weighted by Gasteiger charge is 2.28. The van der Waals surface area contributed by atoms with E-state index in [0.29, 0.717) is 0 Å². The number of aromatic carboxylic acids is 1. The fraction of sp³-hybridized carbons (Fsp3) is 0. The minimum Gasteiger partial charge on any atom is -0.478 e. The first-order valence-corrected chi connectivity index (χ1v) is 5.37. The maximum Gasteiger partial charge on any atom is 0.338 e. The minimum atomic E-state index is -1.53. The predicted molar refractivity (Wildman–Crippen MR) is 62.7 cm³/mol. The molecule has 0 fully saturated rings. The Labute approximate surface area is 115 Å². The Hall–Kier alpha value is -0.720. The number of carboxylic acid groups (broad SMARTS) is 1. The lowest BCUT2D eigenvalue weighted by Crippen LogP contribution is -2.22. The SMILES string of the molecule is O=C(O)c1c(Cl)c(Cl)c(Cl)c(Cl)c1C(=O)NO. The van der Waals surface area contributed by atoms with Gasteiger partial charge < -0.3 is 5.11 Å². The van der Waals surface area contributed by atoms with Gasteiger partial charge in [-0.05, 0) is 0 Å². The smallest absolute Gasteiger partial charge is 0.338 e. The largest absolute Gasteiger partial charge is 0.478 e. The van der Waals surface area contributed by atoms with Crippen LogP contribution < -0.4 is 5.48 Å². The molecule has 0 saturated carbocycles. The number of rotatable bonds is 2. The summed E-state index contributed by atoms with van der Waals surface area (Å²) in [6.07, 6.45) is 0. The van der Waals surface area contributed by atoms with Gasteiger partial charge in [0.15, 0.2) is 0 Å². The van der Waals surface area contributed by atoms with Crippen LogP contribution in [0.25, 0.3) is 0 Å². The Morgan fingerprint density at radius 3 is 1.65 bits per heavy atom. The molecule has 0 saturated heterocycles. The van der Waals surface area contributed by atoms with Crippen molar-refractivity contribution in [1.29, 1.82) is 0 Å². The third kappa shape index (κ3) is 2.43. The van der Waals surface area contributed by atoms with Crippen molar-refractivity contribution in [3.63, 3.8) is 0 Å². The highest BCUT2D eigenvalue weighted by Crippen LogP contribution is 2.41. The van der Waals surface area contributed by atoms with Crippen LogP contribution in [0.4, 0.5) is 0 Å². The van der Waals surface area contributed by atoms with Crippen molar-refractivity contribution < 1.29 is 19.9 Å². The monoisotopic (exact) mass is 317 g/mol. The maximum atomic E-state index is 11.3. The lowest BCUT2D eigenvalue weighted by Gasteiger charge is -2.11. The summed E-state index contributed by atoms with van der Waals surface area (Å²) in [5.74, 6) is -2.69. The summed E-state index contributed by atoms with van der Waals surface area (Å²) in [5.41, 5.74) is 0.0346. The number of benzene rings is 1. The fourth-order valence-corrected chi connectivity index (χ4v) is 2.12. The Balaban J connectivity index is 3.78. The van der Waals surface area contributed by atoms with E-state index in [4.69, 9.17) is 56.7 Å². The number of nitrogens with one attached hydrogen (secondary N) is 1. The van der Waals surface area contributed by atoms with Gasteiger partial charge in [0.05, 0.1) is 31.2 Å². The molecule has 0 atom stereocenters. The van der Waals surface area contributed by atoms with E-state index in [-0.39, 0.29) is 10.0 Å². The Morgan fingerprint density at radius 1 is 0.882 bits per heavy atom. The number of hydrogen-bond acceptors (Lipinski definition) is 3. The molecule has 92 valence electrons. The van der Waals surface area contributed by atoms with E-state index in [0.717, 1.165) is 0 Å². The number of carboxylic acids is 1. The van der Waals surface area contributed by atoms with E-state index in [1.54, 1.807) is 0 Å². The molecular formula is C8H3Cl4NO4. The van der Waals surface area contributed by atoms with E-state index in [2.05, 4.69) is 0 Å². The maximum absolute atomic E-state index is 11.3. The Morgan fingerprint density at radius 2 is 1.29 bits per heavy atom. The summed E-state index contributed by atoms with van der Waals surface area (Å²) < 4.78 is 0. The second-order valence-corrected chi connectivity index (χ2v) is 4.26. The van der Waals surface area contributed by atoms with Crippen LogP contribution in [-0.2, 0) is 0 Å². The third-order valence-corrected chi connectivity index (χ3v) is 3.61. The quantitative estimate of drug-likeness (QED) is 0.338. The number of amides is 1. The van der Waals surface area contributed by atoms with Crippen molar-refractivity contribution in [2.45, 2.75) is 0 Å². The van der Waals surface area contributed by atoms with Crippen LogP contribution in [0, 0.1) is 0 Å². The molecule has 0 aromatic heterocycles. The molecule has 0 unspecified atom stereocenters. The molecule has 0 spiro atoms. The summed E-state index contributed by atoms with van der Waals surface area (Å²) in [6.45, 7) is 0. The molecule has 1 aromatic carbocycles. The summed E-state index contributed by atoms with van der Waals surface area (Å²) in [6, 6.07) is 0. The standard InChI is InChI=1S/C8H3Cl4NO4/c9-3-1(7(14)13-17)2(8(15)16)4(10)6(12)5(3)11/h17H,(H,13,14)(H,15,16). The third-order valence-electron chi connectivity index (χ3n) is 1.81. The summed E-state index contributed by atoms with van der Waals surface area (Å²) in [7, 11) is 0. The first kappa shape index (κ1) is 14.3. The molecular weight excluding hydrogens is 316 g/mol. The van der Waals surface area contributed by atoms with Gasteiger partial charge in [0.1, 0.15) is 0 Å². The lowest BCUT2D eigenvalue weighted by molar-refractivity contribution is 0.0662. The van der Waals surface area contributed by atoms with Gasteiger partial charge >= 0.3 is 5.97 Å². The average molecular weight is 319 g/mol. The van der Waals surface area contributed by atoms with Crippen molar-refractivity contribution in [3.8, 4) is 0 Å². The van der Waals surface area contributed by atoms with Crippen molar-refractivity contribution in [2.24, 2.45) is 0 Å². The predicted octanol–water partition coefficient (Wildman–Crippen LogP) is 3.12. The van der Waals surface area contributed by atoms with E-state index in [1.807, 2.05) is 0 Å². The van der Waals surface area contributed by atoms with Crippen LogP contribution in [0.1, 0.15) is 20.7 Å². The fourth-order valence-electron chi connectivity index (χ4n) is 1.10. The second-order valence-electron chi connectivity index (χ2n) is 2.75. The summed E-state index contributed by atoms with van der Waals surface area (Å²) in [4.78, 5) is 22.3. The summed E-state index contributed by atoms with van der Waals surface area (Å²) >= 11 is 22.6. The molecule has 1 amide bonds.